The fourth-order valence-electron chi connectivity index (χ4n) is 1.31. The van der Waals surface area contributed by atoms with Gasteiger partial charge in [0.15, 0.2) is 5.79 Å². The van der Waals surface area contributed by atoms with Gasteiger partial charge in [-0.25, -0.2) is 4.79 Å². The number of rotatable bonds is 4. The van der Waals surface area contributed by atoms with E-state index >= 15 is 0 Å². The first-order valence-corrected chi connectivity index (χ1v) is 4.58. The lowest BCUT2D eigenvalue weighted by molar-refractivity contribution is -0.157. The Kier molecular flexibility index (Phi) is 3.43. The summed E-state index contributed by atoms with van der Waals surface area (Å²) in [7, 11) is 0. The number of carboxylic acids is 1. The third kappa shape index (κ3) is 3.26. The molecule has 0 spiro atoms. The molecule has 0 aromatic carbocycles. The number of hydrogen-bond acceptors (Lipinski definition) is 5. The zero-order chi connectivity index (χ0) is 11.6. The minimum atomic E-state index is -1.55. The van der Waals surface area contributed by atoms with Gasteiger partial charge in [0, 0.05) is 6.42 Å². The molecule has 0 aromatic rings. The monoisotopic (exact) mass is 218 g/mol. The second kappa shape index (κ2) is 4.26. The molecule has 0 aromatic heterocycles. The highest BCUT2D eigenvalue weighted by Crippen LogP contribution is 2.25. The van der Waals surface area contributed by atoms with Gasteiger partial charge in [0.05, 0.1) is 12.7 Å². The SMILES string of the molecule is CC1(C)OC[C@H]([C@H](O)CC(=O)C(=O)O)O1. The molecule has 0 amide bonds. The maximum absolute atomic E-state index is 10.8. The number of carbonyl (C=O) groups excluding carboxylic acids is 1. The first kappa shape index (κ1) is 12.1. The van der Waals surface area contributed by atoms with Crippen molar-refractivity contribution in [1.82, 2.24) is 0 Å². The molecule has 0 unspecified atom stereocenters. The van der Waals surface area contributed by atoms with E-state index in [4.69, 9.17) is 14.6 Å². The van der Waals surface area contributed by atoms with Crippen LogP contribution in [0.2, 0.25) is 0 Å². The average molecular weight is 218 g/mol. The van der Waals surface area contributed by atoms with Crippen LogP contribution in [0.4, 0.5) is 0 Å². The van der Waals surface area contributed by atoms with Crippen LogP contribution in [0.15, 0.2) is 0 Å². The van der Waals surface area contributed by atoms with E-state index in [1.807, 2.05) is 0 Å². The molecule has 6 heteroatoms. The Labute approximate surface area is 86.8 Å². The zero-order valence-electron chi connectivity index (χ0n) is 8.60. The maximum atomic E-state index is 10.8. The second-order valence-electron chi connectivity index (χ2n) is 3.87. The summed E-state index contributed by atoms with van der Waals surface area (Å²) in [5.74, 6) is -3.37. The third-order valence-corrected chi connectivity index (χ3v) is 2.09. The summed E-state index contributed by atoms with van der Waals surface area (Å²) < 4.78 is 10.4. The lowest BCUT2D eigenvalue weighted by Gasteiger charge is -2.19. The van der Waals surface area contributed by atoms with Gasteiger partial charge in [0.2, 0.25) is 5.78 Å². The molecule has 1 saturated heterocycles. The van der Waals surface area contributed by atoms with Crippen molar-refractivity contribution in [3.63, 3.8) is 0 Å². The largest absolute Gasteiger partial charge is 0.475 e. The highest BCUT2D eigenvalue weighted by molar-refractivity contribution is 6.32. The topological polar surface area (TPSA) is 93.1 Å². The van der Waals surface area contributed by atoms with Crippen LogP contribution in [-0.4, -0.2) is 46.6 Å². The van der Waals surface area contributed by atoms with Crippen molar-refractivity contribution in [2.24, 2.45) is 0 Å². The van der Waals surface area contributed by atoms with Crippen LogP contribution < -0.4 is 0 Å². The molecule has 1 rings (SSSR count). The molecule has 1 aliphatic rings. The Bertz CT molecular complexity index is 272. The van der Waals surface area contributed by atoms with Gasteiger partial charge in [-0.15, -0.1) is 0 Å². The third-order valence-electron chi connectivity index (χ3n) is 2.09. The molecule has 0 bridgehead atoms. The smallest absolute Gasteiger partial charge is 0.372 e. The van der Waals surface area contributed by atoms with E-state index in [0.717, 1.165) is 0 Å². The van der Waals surface area contributed by atoms with Gasteiger partial charge in [-0.2, -0.15) is 0 Å². The molecule has 0 aliphatic carbocycles. The van der Waals surface area contributed by atoms with E-state index in [-0.39, 0.29) is 6.61 Å². The van der Waals surface area contributed by atoms with Crippen molar-refractivity contribution < 1.29 is 29.3 Å². The van der Waals surface area contributed by atoms with E-state index in [1.165, 1.54) is 0 Å². The molecule has 1 fully saturated rings. The molecule has 2 atom stereocenters. The highest BCUT2D eigenvalue weighted by atomic mass is 16.7. The van der Waals surface area contributed by atoms with E-state index in [9.17, 15) is 14.7 Å². The van der Waals surface area contributed by atoms with Crippen LogP contribution in [0.1, 0.15) is 20.3 Å². The summed E-state index contributed by atoms with van der Waals surface area (Å²) in [5, 5.41) is 17.9. The van der Waals surface area contributed by atoms with Crippen molar-refractivity contribution in [2.45, 2.75) is 38.3 Å². The summed E-state index contributed by atoms with van der Waals surface area (Å²) in [6, 6.07) is 0. The van der Waals surface area contributed by atoms with Gasteiger partial charge in [0.25, 0.3) is 0 Å². The fourth-order valence-corrected chi connectivity index (χ4v) is 1.31. The van der Waals surface area contributed by atoms with E-state index in [0.29, 0.717) is 0 Å². The summed E-state index contributed by atoms with van der Waals surface area (Å²) >= 11 is 0. The number of carbonyl (C=O) groups is 2. The standard InChI is InChI=1S/C9H14O6/c1-9(2)14-4-7(15-9)5(10)3-6(11)8(12)13/h5,7,10H,3-4H2,1-2H3,(H,12,13)/t5-,7-/m1/s1. The molecule has 15 heavy (non-hydrogen) atoms. The van der Waals surface area contributed by atoms with Crippen molar-refractivity contribution in [3.05, 3.63) is 0 Å². The Hall–Kier alpha value is -0.980. The minimum absolute atomic E-state index is 0.154. The molecule has 1 heterocycles. The number of ether oxygens (including phenoxy) is 2. The van der Waals surface area contributed by atoms with E-state index in [2.05, 4.69) is 0 Å². The number of aliphatic carboxylic acids is 1. The number of hydrogen-bond donors (Lipinski definition) is 2. The highest BCUT2D eigenvalue weighted by Gasteiger charge is 2.37. The molecule has 0 radical (unpaired) electrons. The lowest BCUT2D eigenvalue weighted by Crippen LogP contribution is -2.33. The van der Waals surface area contributed by atoms with E-state index < -0.39 is 36.2 Å². The fraction of sp³-hybridized carbons (Fsp3) is 0.778. The van der Waals surface area contributed by atoms with Crippen LogP contribution in [0.3, 0.4) is 0 Å². The first-order valence-electron chi connectivity index (χ1n) is 4.58. The Morgan fingerprint density at radius 3 is 2.53 bits per heavy atom. The van der Waals surface area contributed by atoms with Crippen molar-refractivity contribution in [3.8, 4) is 0 Å². The predicted molar refractivity (Wildman–Crippen MR) is 48.2 cm³/mol. The molecule has 6 nitrogen and oxygen atoms in total. The number of ketones is 1. The van der Waals surface area contributed by atoms with Gasteiger partial charge in [-0.1, -0.05) is 0 Å². The summed E-state index contributed by atoms with van der Waals surface area (Å²) in [6.45, 7) is 3.51. The number of carboxylic acid groups (broad SMARTS) is 1. The van der Waals surface area contributed by atoms with Crippen LogP contribution in [0.5, 0.6) is 0 Å². The van der Waals surface area contributed by atoms with Crippen LogP contribution in [0, 0.1) is 0 Å². The summed E-state index contributed by atoms with van der Waals surface area (Å²) in [5.41, 5.74) is 0. The van der Waals surface area contributed by atoms with Gasteiger partial charge < -0.3 is 19.7 Å². The van der Waals surface area contributed by atoms with Gasteiger partial charge >= 0.3 is 5.97 Å². The van der Waals surface area contributed by atoms with Crippen molar-refractivity contribution >= 4 is 11.8 Å². The van der Waals surface area contributed by atoms with Gasteiger partial charge in [-0.3, -0.25) is 4.79 Å². The Balaban J connectivity index is 2.45. The molecule has 2 N–H and O–H groups in total. The molecular weight excluding hydrogens is 204 g/mol. The van der Waals surface area contributed by atoms with Crippen LogP contribution in [0.25, 0.3) is 0 Å². The minimum Gasteiger partial charge on any atom is -0.475 e. The summed E-state index contributed by atoms with van der Waals surface area (Å²) in [6.07, 6.45) is -2.25. The normalized spacial score (nSPS) is 26.2. The Morgan fingerprint density at radius 2 is 2.13 bits per heavy atom. The van der Waals surface area contributed by atoms with Crippen molar-refractivity contribution in [1.29, 1.82) is 0 Å². The summed E-state index contributed by atoms with van der Waals surface area (Å²) in [4.78, 5) is 21.1. The second-order valence-corrected chi connectivity index (χ2v) is 3.87. The molecule has 0 saturated carbocycles. The van der Waals surface area contributed by atoms with Crippen LogP contribution in [-0.2, 0) is 19.1 Å². The number of aliphatic hydroxyl groups excluding tert-OH is 1. The molecule has 1 aliphatic heterocycles. The number of aliphatic hydroxyl groups is 1. The quantitative estimate of drug-likeness (QED) is 0.620. The first-order chi connectivity index (χ1) is 6.82. The van der Waals surface area contributed by atoms with Gasteiger partial charge in [0.1, 0.15) is 6.10 Å². The van der Waals surface area contributed by atoms with E-state index in [1.54, 1.807) is 13.8 Å². The van der Waals surface area contributed by atoms with Crippen LogP contribution >= 0.6 is 0 Å². The van der Waals surface area contributed by atoms with Crippen molar-refractivity contribution in [2.75, 3.05) is 6.61 Å². The predicted octanol–water partition coefficient (Wildman–Crippen LogP) is -0.457. The zero-order valence-corrected chi connectivity index (χ0v) is 8.60. The average Bonchev–Trinajstić information content (AvgIpc) is 2.45. The number of Topliss-reactive ketones (excluding diaryl/α,β-unsaturated/α-hetero) is 1. The molecule has 86 valence electrons. The Morgan fingerprint density at radius 1 is 1.53 bits per heavy atom. The maximum Gasteiger partial charge on any atom is 0.372 e. The lowest BCUT2D eigenvalue weighted by atomic mass is 10.1. The van der Waals surface area contributed by atoms with Gasteiger partial charge in [-0.05, 0) is 13.8 Å². The molecular formula is C9H14O6.